The van der Waals surface area contributed by atoms with E-state index in [1.807, 2.05) is 0 Å². The Morgan fingerprint density at radius 1 is 1.35 bits per heavy atom. The SMILES string of the molecule is Nc1cc2oc(=O)[nH]c2cc1N1CCCCO1. The van der Waals surface area contributed by atoms with Gasteiger partial charge in [0.05, 0.1) is 23.5 Å². The van der Waals surface area contributed by atoms with Crippen molar-refractivity contribution < 1.29 is 9.25 Å². The van der Waals surface area contributed by atoms with E-state index in [9.17, 15) is 4.79 Å². The summed E-state index contributed by atoms with van der Waals surface area (Å²) in [6.07, 6.45) is 2.13. The van der Waals surface area contributed by atoms with Crippen molar-refractivity contribution in [3.05, 3.63) is 22.7 Å². The third-order valence-electron chi connectivity index (χ3n) is 2.84. The Bertz CT molecular complexity index is 596. The Morgan fingerprint density at radius 2 is 2.24 bits per heavy atom. The van der Waals surface area contributed by atoms with E-state index >= 15 is 0 Å². The molecule has 1 aliphatic heterocycles. The number of H-pyrrole nitrogens is 1. The Kier molecular flexibility index (Phi) is 2.29. The first-order valence-corrected chi connectivity index (χ1v) is 5.57. The fourth-order valence-electron chi connectivity index (χ4n) is 2.00. The molecule has 2 heterocycles. The molecule has 1 fully saturated rings. The lowest BCUT2D eigenvalue weighted by molar-refractivity contribution is 0.0782. The topological polar surface area (TPSA) is 84.5 Å². The number of aromatic nitrogens is 1. The number of hydrogen-bond acceptors (Lipinski definition) is 5. The lowest BCUT2D eigenvalue weighted by Crippen LogP contribution is -2.30. The maximum Gasteiger partial charge on any atom is 0.417 e. The molecule has 0 aliphatic carbocycles. The fourth-order valence-corrected chi connectivity index (χ4v) is 2.00. The van der Waals surface area contributed by atoms with E-state index in [4.69, 9.17) is 15.0 Å². The maximum absolute atomic E-state index is 11.1. The second-order valence-electron chi connectivity index (χ2n) is 4.06. The fraction of sp³-hybridized carbons (Fsp3) is 0.364. The van der Waals surface area contributed by atoms with Crippen LogP contribution in [0.5, 0.6) is 0 Å². The molecule has 0 saturated carbocycles. The van der Waals surface area contributed by atoms with E-state index in [1.54, 1.807) is 17.2 Å². The number of nitrogen functional groups attached to an aromatic ring is 1. The molecule has 17 heavy (non-hydrogen) atoms. The molecule has 1 aromatic carbocycles. The number of nitrogens with zero attached hydrogens (tertiary/aromatic N) is 1. The summed E-state index contributed by atoms with van der Waals surface area (Å²) in [6, 6.07) is 3.42. The molecule has 6 heteroatoms. The lowest BCUT2D eigenvalue weighted by atomic mass is 10.2. The van der Waals surface area contributed by atoms with Gasteiger partial charge in [0, 0.05) is 12.6 Å². The van der Waals surface area contributed by atoms with Gasteiger partial charge in [0.2, 0.25) is 0 Å². The zero-order chi connectivity index (χ0) is 11.8. The van der Waals surface area contributed by atoms with Crippen LogP contribution in [0.3, 0.4) is 0 Å². The summed E-state index contributed by atoms with van der Waals surface area (Å²) in [5.41, 5.74) is 8.34. The number of nitrogens with two attached hydrogens (primary N) is 1. The average molecular weight is 235 g/mol. The van der Waals surface area contributed by atoms with Crippen LogP contribution in [0.1, 0.15) is 12.8 Å². The second-order valence-corrected chi connectivity index (χ2v) is 4.06. The number of aromatic amines is 1. The van der Waals surface area contributed by atoms with Crippen LogP contribution >= 0.6 is 0 Å². The number of fused-ring (bicyclic) bond motifs is 1. The van der Waals surface area contributed by atoms with Gasteiger partial charge in [-0.25, -0.2) is 4.79 Å². The second kappa shape index (κ2) is 3.81. The Balaban J connectivity index is 2.08. The minimum atomic E-state index is -0.476. The summed E-state index contributed by atoms with van der Waals surface area (Å²) < 4.78 is 4.94. The van der Waals surface area contributed by atoms with Crippen molar-refractivity contribution in [2.24, 2.45) is 0 Å². The molecule has 0 amide bonds. The third-order valence-corrected chi connectivity index (χ3v) is 2.84. The molecule has 1 saturated heterocycles. The van der Waals surface area contributed by atoms with Crippen LogP contribution in [-0.2, 0) is 4.84 Å². The molecule has 0 spiro atoms. The first kappa shape index (κ1) is 10.2. The highest BCUT2D eigenvalue weighted by Crippen LogP contribution is 2.29. The minimum Gasteiger partial charge on any atom is -0.408 e. The Morgan fingerprint density at radius 3 is 3.00 bits per heavy atom. The number of benzene rings is 1. The van der Waals surface area contributed by atoms with Gasteiger partial charge in [0.15, 0.2) is 5.58 Å². The molecule has 3 rings (SSSR count). The Hall–Kier alpha value is -1.95. The van der Waals surface area contributed by atoms with Crippen molar-refractivity contribution >= 4 is 22.5 Å². The van der Waals surface area contributed by atoms with E-state index in [0.717, 1.165) is 25.1 Å². The molecule has 0 bridgehead atoms. The summed E-state index contributed by atoms with van der Waals surface area (Å²) in [7, 11) is 0. The van der Waals surface area contributed by atoms with Gasteiger partial charge in [0.1, 0.15) is 0 Å². The van der Waals surface area contributed by atoms with Gasteiger partial charge in [0.25, 0.3) is 0 Å². The normalized spacial score (nSPS) is 16.6. The first-order chi connectivity index (χ1) is 8.24. The van der Waals surface area contributed by atoms with Crippen LogP contribution in [0.25, 0.3) is 11.1 Å². The Labute approximate surface area is 96.9 Å². The van der Waals surface area contributed by atoms with Crippen LogP contribution in [0.4, 0.5) is 11.4 Å². The molecule has 1 aromatic heterocycles. The third kappa shape index (κ3) is 1.76. The van der Waals surface area contributed by atoms with Crippen molar-refractivity contribution in [3.8, 4) is 0 Å². The van der Waals surface area contributed by atoms with Crippen molar-refractivity contribution in [1.82, 2.24) is 4.98 Å². The van der Waals surface area contributed by atoms with Gasteiger partial charge in [-0.3, -0.25) is 14.9 Å². The number of oxazole rings is 1. The smallest absolute Gasteiger partial charge is 0.408 e. The highest BCUT2D eigenvalue weighted by molar-refractivity contribution is 5.85. The molecule has 3 N–H and O–H groups in total. The van der Waals surface area contributed by atoms with Crippen molar-refractivity contribution in [2.45, 2.75) is 12.8 Å². The van der Waals surface area contributed by atoms with E-state index in [0.29, 0.717) is 23.4 Å². The monoisotopic (exact) mass is 235 g/mol. The van der Waals surface area contributed by atoms with Crippen LogP contribution in [0.2, 0.25) is 0 Å². The molecule has 0 unspecified atom stereocenters. The molecule has 90 valence electrons. The largest absolute Gasteiger partial charge is 0.417 e. The number of hydrogen-bond donors (Lipinski definition) is 2. The van der Waals surface area contributed by atoms with Crippen LogP contribution < -0.4 is 16.6 Å². The number of nitrogens with one attached hydrogen (secondary N) is 1. The maximum atomic E-state index is 11.1. The summed E-state index contributed by atoms with van der Waals surface area (Å²) in [5, 5.41) is 1.77. The van der Waals surface area contributed by atoms with E-state index in [2.05, 4.69) is 4.98 Å². The zero-order valence-electron chi connectivity index (χ0n) is 9.23. The minimum absolute atomic E-state index is 0.466. The molecular formula is C11H13N3O3. The summed E-state index contributed by atoms with van der Waals surface area (Å²) >= 11 is 0. The summed E-state index contributed by atoms with van der Waals surface area (Å²) in [4.78, 5) is 19.2. The molecule has 0 radical (unpaired) electrons. The van der Waals surface area contributed by atoms with Gasteiger partial charge < -0.3 is 10.2 Å². The summed E-state index contributed by atoms with van der Waals surface area (Å²) in [6.45, 7) is 1.50. The highest BCUT2D eigenvalue weighted by atomic mass is 16.7. The van der Waals surface area contributed by atoms with Crippen LogP contribution in [0.15, 0.2) is 21.3 Å². The number of rotatable bonds is 1. The number of anilines is 2. The average Bonchev–Trinajstić information content (AvgIpc) is 2.68. The molecule has 1 aliphatic rings. The van der Waals surface area contributed by atoms with Gasteiger partial charge >= 0.3 is 5.76 Å². The number of hydroxylamine groups is 1. The highest BCUT2D eigenvalue weighted by Gasteiger charge is 2.16. The first-order valence-electron chi connectivity index (χ1n) is 5.57. The van der Waals surface area contributed by atoms with Gasteiger partial charge in [-0.2, -0.15) is 0 Å². The van der Waals surface area contributed by atoms with E-state index < -0.39 is 5.76 Å². The zero-order valence-corrected chi connectivity index (χ0v) is 9.23. The predicted molar refractivity (Wildman–Crippen MR) is 63.8 cm³/mol. The van der Waals surface area contributed by atoms with Crippen LogP contribution in [-0.4, -0.2) is 18.1 Å². The standard InChI is InChI=1S/C11H13N3O3/c12-7-5-10-8(13-11(15)17-10)6-9(7)14-3-1-2-4-16-14/h5-6H,1-4,12H2,(H,13,15). The van der Waals surface area contributed by atoms with Crippen molar-refractivity contribution in [1.29, 1.82) is 0 Å². The van der Waals surface area contributed by atoms with Crippen molar-refractivity contribution in [2.75, 3.05) is 23.9 Å². The predicted octanol–water partition coefficient (Wildman–Crippen LogP) is 1.24. The summed E-state index contributed by atoms with van der Waals surface area (Å²) in [5.74, 6) is -0.476. The molecule has 0 atom stereocenters. The molecular weight excluding hydrogens is 222 g/mol. The van der Waals surface area contributed by atoms with Crippen molar-refractivity contribution in [3.63, 3.8) is 0 Å². The lowest BCUT2D eigenvalue weighted by Gasteiger charge is -2.28. The quantitative estimate of drug-likeness (QED) is 0.726. The van der Waals surface area contributed by atoms with Crippen LogP contribution in [0, 0.1) is 0 Å². The van der Waals surface area contributed by atoms with E-state index in [-0.39, 0.29) is 0 Å². The molecule has 6 nitrogen and oxygen atoms in total. The van der Waals surface area contributed by atoms with Gasteiger partial charge in [-0.05, 0) is 18.9 Å². The van der Waals surface area contributed by atoms with Gasteiger partial charge in [-0.15, -0.1) is 0 Å². The molecule has 2 aromatic rings. The van der Waals surface area contributed by atoms with Gasteiger partial charge in [-0.1, -0.05) is 0 Å². The van der Waals surface area contributed by atoms with E-state index in [1.165, 1.54) is 0 Å².